The average Bonchev–Trinajstić information content (AvgIpc) is 3.33. The molecule has 1 aliphatic heterocycles. The molecule has 10 heteroatoms. The smallest absolute Gasteiger partial charge is 0.324 e. The Labute approximate surface area is 147 Å². The molecule has 2 aromatic heterocycles. The molecule has 0 aliphatic carbocycles. The van der Waals surface area contributed by atoms with Gasteiger partial charge in [0.15, 0.2) is 6.10 Å². The predicted molar refractivity (Wildman–Crippen MR) is 86.6 cm³/mol. The lowest BCUT2D eigenvalue weighted by Gasteiger charge is -2.17. The van der Waals surface area contributed by atoms with Crippen LogP contribution in [0.15, 0.2) is 22.0 Å². The van der Waals surface area contributed by atoms with Crippen LogP contribution in [0.25, 0.3) is 10.7 Å². The van der Waals surface area contributed by atoms with E-state index in [1.165, 1.54) is 18.3 Å². The third-order valence-corrected chi connectivity index (χ3v) is 4.40. The number of aryl methyl sites for hydroxylation is 1. The Morgan fingerprint density at radius 2 is 2.36 bits per heavy atom. The molecule has 1 N–H and O–H groups in total. The van der Waals surface area contributed by atoms with Gasteiger partial charge in [-0.25, -0.2) is 4.79 Å². The minimum absolute atomic E-state index is 0.00408. The molecule has 0 saturated carbocycles. The van der Waals surface area contributed by atoms with Crippen LogP contribution in [-0.2, 0) is 20.7 Å². The number of esters is 1. The van der Waals surface area contributed by atoms with Gasteiger partial charge >= 0.3 is 12.0 Å². The molecule has 0 unspecified atom stereocenters. The maximum absolute atomic E-state index is 12.0. The highest BCUT2D eigenvalue weighted by Gasteiger charge is 2.31. The van der Waals surface area contributed by atoms with E-state index in [1.54, 1.807) is 0 Å². The molecule has 132 valence electrons. The summed E-state index contributed by atoms with van der Waals surface area (Å²) < 4.78 is 10.2. The first-order valence-electron chi connectivity index (χ1n) is 7.70. The number of ether oxygens (including phenoxy) is 1. The fourth-order valence-electron chi connectivity index (χ4n) is 2.28. The molecule has 0 aromatic carbocycles. The summed E-state index contributed by atoms with van der Waals surface area (Å²) in [7, 11) is 0. The predicted octanol–water partition coefficient (Wildman–Crippen LogP) is 1.21. The van der Waals surface area contributed by atoms with Gasteiger partial charge in [0.25, 0.3) is 5.91 Å². The maximum Gasteiger partial charge on any atom is 0.324 e. The standard InChI is InChI=1S/C15H16N4O5S/c1-9(14(21)19-7-6-16-15(19)22)23-12(20)5-4-11-17-13(18-24-11)10-3-2-8-25-10/h2-3,8-9H,4-7H2,1H3,(H,16,22)/t9-/m0/s1. The van der Waals surface area contributed by atoms with Crippen molar-refractivity contribution in [2.45, 2.75) is 25.9 Å². The third-order valence-electron chi connectivity index (χ3n) is 3.53. The van der Waals surface area contributed by atoms with E-state index in [0.29, 0.717) is 18.3 Å². The van der Waals surface area contributed by atoms with Crippen LogP contribution in [0.1, 0.15) is 19.2 Å². The zero-order valence-corrected chi connectivity index (χ0v) is 14.2. The van der Waals surface area contributed by atoms with Crippen LogP contribution < -0.4 is 5.32 Å². The van der Waals surface area contributed by atoms with Crippen LogP contribution in [0.2, 0.25) is 0 Å². The Bertz CT molecular complexity index is 773. The average molecular weight is 364 g/mol. The number of thiophene rings is 1. The van der Waals surface area contributed by atoms with Gasteiger partial charge in [0.05, 0.1) is 11.3 Å². The lowest BCUT2D eigenvalue weighted by atomic mass is 10.3. The summed E-state index contributed by atoms with van der Waals surface area (Å²) in [5, 5.41) is 8.28. The van der Waals surface area contributed by atoms with Gasteiger partial charge in [-0.3, -0.25) is 14.5 Å². The van der Waals surface area contributed by atoms with Crippen LogP contribution in [0.5, 0.6) is 0 Å². The highest BCUT2D eigenvalue weighted by atomic mass is 32.1. The Balaban J connectivity index is 1.48. The second kappa shape index (κ2) is 7.43. The van der Waals surface area contributed by atoms with Crippen molar-refractivity contribution in [3.8, 4) is 10.7 Å². The molecule has 1 fully saturated rings. The number of rotatable bonds is 6. The van der Waals surface area contributed by atoms with Crippen molar-refractivity contribution in [1.82, 2.24) is 20.4 Å². The maximum atomic E-state index is 12.0. The van der Waals surface area contributed by atoms with Crippen molar-refractivity contribution in [3.63, 3.8) is 0 Å². The monoisotopic (exact) mass is 364 g/mol. The molecular formula is C15H16N4O5S. The number of amides is 3. The van der Waals surface area contributed by atoms with Gasteiger partial charge in [0, 0.05) is 19.5 Å². The number of hydrogen-bond acceptors (Lipinski definition) is 8. The molecule has 0 bridgehead atoms. The number of imide groups is 1. The Hall–Kier alpha value is -2.75. The molecule has 0 spiro atoms. The summed E-state index contributed by atoms with van der Waals surface area (Å²) in [6, 6.07) is 3.28. The Morgan fingerprint density at radius 3 is 3.04 bits per heavy atom. The van der Waals surface area contributed by atoms with Crippen molar-refractivity contribution in [2.24, 2.45) is 0 Å². The van der Waals surface area contributed by atoms with Crippen molar-refractivity contribution in [2.75, 3.05) is 13.1 Å². The first kappa shape index (κ1) is 17.1. The van der Waals surface area contributed by atoms with E-state index >= 15 is 0 Å². The second-order valence-corrected chi connectivity index (χ2v) is 6.29. The first-order chi connectivity index (χ1) is 12.0. The Kier molecular flexibility index (Phi) is 5.08. The third kappa shape index (κ3) is 4.02. The highest BCUT2D eigenvalue weighted by molar-refractivity contribution is 7.13. The zero-order valence-electron chi connectivity index (χ0n) is 13.4. The molecule has 0 radical (unpaired) electrons. The first-order valence-corrected chi connectivity index (χ1v) is 8.57. The van der Waals surface area contributed by atoms with Gasteiger partial charge in [-0.1, -0.05) is 11.2 Å². The van der Waals surface area contributed by atoms with Crippen LogP contribution in [0.4, 0.5) is 4.79 Å². The van der Waals surface area contributed by atoms with Gasteiger partial charge in [0.1, 0.15) is 0 Å². The van der Waals surface area contributed by atoms with Gasteiger partial charge < -0.3 is 14.6 Å². The summed E-state index contributed by atoms with van der Waals surface area (Å²) in [6.07, 6.45) is -0.821. The molecule has 1 atom stereocenters. The van der Waals surface area contributed by atoms with Crippen molar-refractivity contribution >= 4 is 29.2 Å². The summed E-state index contributed by atoms with van der Waals surface area (Å²) >= 11 is 1.49. The van der Waals surface area contributed by atoms with E-state index in [-0.39, 0.29) is 19.4 Å². The minimum atomic E-state index is -1.03. The van der Waals surface area contributed by atoms with E-state index in [9.17, 15) is 14.4 Å². The molecule has 3 heterocycles. The highest BCUT2D eigenvalue weighted by Crippen LogP contribution is 2.21. The molecule has 1 saturated heterocycles. The molecule has 3 amide bonds. The number of nitrogens with one attached hydrogen (secondary N) is 1. The summed E-state index contributed by atoms with van der Waals surface area (Å²) in [5.74, 6) is -0.322. The number of aromatic nitrogens is 2. The van der Waals surface area contributed by atoms with E-state index in [2.05, 4.69) is 15.5 Å². The quantitative estimate of drug-likeness (QED) is 0.766. The minimum Gasteiger partial charge on any atom is -0.453 e. The van der Waals surface area contributed by atoms with Crippen LogP contribution in [-0.4, -0.2) is 52.1 Å². The van der Waals surface area contributed by atoms with Crippen LogP contribution in [0, 0.1) is 0 Å². The molecule has 25 heavy (non-hydrogen) atoms. The van der Waals surface area contributed by atoms with Crippen molar-refractivity contribution < 1.29 is 23.6 Å². The van der Waals surface area contributed by atoms with E-state index in [0.717, 1.165) is 9.78 Å². The van der Waals surface area contributed by atoms with E-state index in [4.69, 9.17) is 9.26 Å². The lowest BCUT2D eigenvalue weighted by Crippen LogP contribution is -2.41. The van der Waals surface area contributed by atoms with Crippen molar-refractivity contribution in [3.05, 3.63) is 23.4 Å². The summed E-state index contributed by atoms with van der Waals surface area (Å²) in [5.41, 5.74) is 0. The second-order valence-electron chi connectivity index (χ2n) is 5.34. The topological polar surface area (TPSA) is 115 Å². The van der Waals surface area contributed by atoms with E-state index < -0.39 is 24.0 Å². The number of nitrogens with zero attached hydrogens (tertiary/aromatic N) is 3. The number of carbonyl (C=O) groups is 3. The number of carbonyl (C=O) groups excluding carboxylic acids is 3. The number of urea groups is 1. The SMILES string of the molecule is C[C@H](OC(=O)CCc1nc(-c2cccs2)no1)C(=O)N1CCNC1=O. The fraction of sp³-hybridized carbons (Fsp3) is 0.400. The Morgan fingerprint density at radius 1 is 1.52 bits per heavy atom. The van der Waals surface area contributed by atoms with E-state index in [1.807, 2.05) is 17.5 Å². The molecule has 1 aliphatic rings. The normalized spacial score (nSPS) is 15.1. The van der Waals surface area contributed by atoms with Gasteiger partial charge in [-0.15, -0.1) is 11.3 Å². The van der Waals surface area contributed by atoms with Crippen LogP contribution in [0.3, 0.4) is 0 Å². The van der Waals surface area contributed by atoms with Gasteiger partial charge in [0.2, 0.25) is 11.7 Å². The lowest BCUT2D eigenvalue weighted by molar-refractivity contribution is -0.157. The molecule has 3 rings (SSSR count). The fourth-order valence-corrected chi connectivity index (χ4v) is 2.93. The number of hydrogen-bond donors (Lipinski definition) is 1. The van der Waals surface area contributed by atoms with Crippen LogP contribution >= 0.6 is 11.3 Å². The summed E-state index contributed by atoms with van der Waals surface area (Å²) in [6.45, 7) is 2.11. The van der Waals surface area contributed by atoms with Crippen molar-refractivity contribution in [1.29, 1.82) is 0 Å². The molecular weight excluding hydrogens is 348 g/mol. The van der Waals surface area contributed by atoms with Gasteiger partial charge in [-0.2, -0.15) is 4.98 Å². The summed E-state index contributed by atoms with van der Waals surface area (Å²) in [4.78, 5) is 41.5. The zero-order chi connectivity index (χ0) is 17.8. The molecule has 9 nitrogen and oxygen atoms in total. The largest absolute Gasteiger partial charge is 0.453 e. The molecule has 2 aromatic rings. The van der Waals surface area contributed by atoms with Gasteiger partial charge in [-0.05, 0) is 18.4 Å².